The summed E-state index contributed by atoms with van der Waals surface area (Å²) < 4.78 is 13.3. The van der Waals surface area contributed by atoms with Crippen molar-refractivity contribution in [2.75, 3.05) is 6.54 Å². The first kappa shape index (κ1) is 11.7. The second-order valence-electron chi connectivity index (χ2n) is 2.84. The zero-order chi connectivity index (χ0) is 11.3. The van der Waals surface area contributed by atoms with Crippen LogP contribution in [0.5, 0.6) is 0 Å². The van der Waals surface area contributed by atoms with Gasteiger partial charge in [0.05, 0.1) is 0 Å². The molecule has 0 radical (unpaired) electrons. The van der Waals surface area contributed by atoms with Gasteiger partial charge in [-0.3, -0.25) is 4.79 Å². The third-order valence-electron chi connectivity index (χ3n) is 1.64. The number of amides is 1. The fourth-order valence-corrected chi connectivity index (χ4v) is 1.11. The number of rotatable bonds is 3. The minimum absolute atomic E-state index is 0.132. The topological polar surface area (TPSA) is 42.0 Å². The molecule has 0 aliphatic carbocycles. The summed E-state index contributed by atoms with van der Waals surface area (Å²) in [4.78, 5) is 14.1. The largest absolute Gasteiger partial charge is 0.353 e. The highest BCUT2D eigenvalue weighted by atomic mass is 35.5. The second kappa shape index (κ2) is 5.46. The van der Waals surface area contributed by atoms with Gasteiger partial charge in [-0.2, -0.15) is 0 Å². The SMILES string of the molecule is CC(=O)NCC=Cc1ccnc(Cl)c1F. The van der Waals surface area contributed by atoms with Crippen molar-refractivity contribution in [2.45, 2.75) is 6.92 Å². The van der Waals surface area contributed by atoms with Crippen molar-refractivity contribution in [3.05, 3.63) is 34.9 Å². The molecule has 0 atom stereocenters. The number of nitrogens with zero attached hydrogens (tertiary/aromatic N) is 1. The van der Waals surface area contributed by atoms with Gasteiger partial charge >= 0.3 is 0 Å². The molecule has 1 N–H and O–H groups in total. The van der Waals surface area contributed by atoms with Crippen molar-refractivity contribution in [1.82, 2.24) is 10.3 Å². The molecule has 0 aliphatic heterocycles. The predicted molar refractivity (Wildman–Crippen MR) is 56.9 cm³/mol. The Morgan fingerprint density at radius 1 is 1.73 bits per heavy atom. The fraction of sp³-hybridized carbons (Fsp3) is 0.200. The van der Waals surface area contributed by atoms with E-state index < -0.39 is 5.82 Å². The van der Waals surface area contributed by atoms with Crippen LogP contribution in [0, 0.1) is 5.82 Å². The molecule has 1 rings (SSSR count). The minimum atomic E-state index is -0.557. The molecule has 0 spiro atoms. The van der Waals surface area contributed by atoms with E-state index in [0.717, 1.165) is 0 Å². The Morgan fingerprint density at radius 2 is 2.47 bits per heavy atom. The zero-order valence-electron chi connectivity index (χ0n) is 8.13. The average molecular weight is 229 g/mol. The molecule has 1 amide bonds. The predicted octanol–water partition coefficient (Wildman–Crippen LogP) is 2.02. The van der Waals surface area contributed by atoms with Gasteiger partial charge in [-0.25, -0.2) is 9.37 Å². The number of aromatic nitrogens is 1. The van der Waals surface area contributed by atoms with E-state index in [9.17, 15) is 9.18 Å². The molecular formula is C10H10ClFN2O. The molecular weight excluding hydrogens is 219 g/mol. The molecule has 0 bridgehead atoms. The van der Waals surface area contributed by atoms with Gasteiger partial charge in [0.2, 0.25) is 5.91 Å². The van der Waals surface area contributed by atoms with Gasteiger partial charge in [-0.05, 0) is 6.07 Å². The summed E-state index contributed by atoms with van der Waals surface area (Å²) >= 11 is 5.49. The van der Waals surface area contributed by atoms with Gasteiger partial charge in [-0.1, -0.05) is 23.8 Å². The van der Waals surface area contributed by atoms with Crippen molar-refractivity contribution in [3.63, 3.8) is 0 Å². The molecule has 1 aromatic heterocycles. The Hall–Kier alpha value is -1.42. The smallest absolute Gasteiger partial charge is 0.217 e. The van der Waals surface area contributed by atoms with E-state index >= 15 is 0 Å². The Morgan fingerprint density at radius 3 is 3.13 bits per heavy atom. The fourth-order valence-electron chi connectivity index (χ4n) is 0.949. The molecule has 0 saturated carbocycles. The number of hydrogen-bond donors (Lipinski definition) is 1. The summed E-state index contributed by atoms with van der Waals surface area (Å²) in [5.41, 5.74) is 0.348. The maximum Gasteiger partial charge on any atom is 0.217 e. The van der Waals surface area contributed by atoms with Crippen LogP contribution >= 0.6 is 11.6 Å². The number of carbonyl (C=O) groups excluding carboxylic acids is 1. The summed E-state index contributed by atoms with van der Waals surface area (Å²) in [7, 11) is 0. The summed E-state index contributed by atoms with van der Waals surface area (Å²) in [6, 6.07) is 1.51. The van der Waals surface area contributed by atoms with Gasteiger partial charge in [0.15, 0.2) is 11.0 Å². The Labute approximate surface area is 92.0 Å². The van der Waals surface area contributed by atoms with Gasteiger partial charge < -0.3 is 5.32 Å². The third kappa shape index (κ3) is 3.67. The van der Waals surface area contributed by atoms with Gasteiger partial charge in [-0.15, -0.1) is 0 Å². The van der Waals surface area contributed by atoms with Crippen LogP contribution < -0.4 is 5.32 Å². The van der Waals surface area contributed by atoms with Crippen molar-refractivity contribution in [3.8, 4) is 0 Å². The average Bonchev–Trinajstić information content (AvgIpc) is 2.18. The molecule has 0 saturated heterocycles. The van der Waals surface area contributed by atoms with Crippen molar-refractivity contribution >= 4 is 23.6 Å². The maximum atomic E-state index is 13.3. The van der Waals surface area contributed by atoms with Crippen LogP contribution in [0.15, 0.2) is 18.3 Å². The summed E-state index contributed by atoms with van der Waals surface area (Å²) in [5, 5.41) is 2.40. The third-order valence-corrected chi connectivity index (χ3v) is 1.91. The normalized spacial score (nSPS) is 10.6. The van der Waals surface area contributed by atoms with E-state index in [1.54, 1.807) is 12.2 Å². The zero-order valence-corrected chi connectivity index (χ0v) is 8.88. The molecule has 0 aliphatic rings. The first-order valence-electron chi connectivity index (χ1n) is 4.32. The van der Waals surface area contributed by atoms with Crippen molar-refractivity contribution < 1.29 is 9.18 Å². The Kier molecular flexibility index (Phi) is 4.24. The van der Waals surface area contributed by atoms with Gasteiger partial charge in [0.25, 0.3) is 0 Å². The Bertz CT molecular complexity index is 393. The molecule has 0 unspecified atom stereocenters. The van der Waals surface area contributed by atoms with Gasteiger partial charge in [0, 0.05) is 25.2 Å². The quantitative estimate of drug-likeness (QED) is 0.805. The van der Waals surface area contributed by atoms with Gasteiger partial charge in [0.1, 0.15) is 0 Å². The van der Waals surface area contributed by atoms with Crippen LogP contribution in [0.1, 0.15) is 12.5 Å². The van der Waals surface area contributed by atoms with E-state index in [2.05, 4.69) is 10.3 Å². The first-order chi connectivity index (χ1) is 7.11. The monoisotopic (exact) mass is 228 g/mol. The molecule has 1 heterocycles. The van der Waals surface area contributed by atoms with Crippen LogP contribution in [0.25, 0.3) is 6.08 Å². The number of nitrogens with one attached hydrogen (secondary N) is 1. The molecule has 3 nitrogen and oxygen atoms in total. The van der Waals surface area contributed by atoms with Crippen LogP contribution in [0.3, 0.4) is 0 Å². The number of pyridine rings is 1. The van der Waals surface area contributed by atoms with Crippen LogP contribution in [-0.4, -0.2) is 17.4 Å². The number of hydrogen-bond acceptors (Lipinski definition) is 2. The van der Waals surface area contributed by atoms with E-state index in [1.807, 2.05) is 0 Å². The van der Waals surface area contributed by atoms with E-state index in [-0.39, 0.29) is 11.1 Å². The highest BCUT2D eigenvalue weighted by molar-refractivity contribution is 6.29. The lowest BCUT2D eigenvalue weighted by atomic mass is 10.2. The summed E-state index contributed by atoms with van der Waals surface area (Å²) in [6.45, 7) is 1.77. The minimum Gasteiger partial charge on any atom is -0.353 e. The molecule has 15 heavy (non-hydrogen) atoms. The summed E-state index contributed by atoms with van der Waals surface area (Å²) in [6.07, 6.45) is 4.60. The number of halogens is 2. The maximum absolute atomic E-state index is 13.3. The molecule has 0 aromatic carbocycles. The van der Waals surface area contributed by atoms with E-state index in [4.69, 9.17) is 11.6 Å². The highest BCUT2D eigenvalue weighted by Crippen LogP contribution is 2.15. The Balaban J connectivity index is 2.64. The van der Waals surface area contributed by atoms with Crippen molar-refractivity contribution in [2.24, 2.45) is 0 Å². The van der Waals surface area contributed by atoms with Crippen LogP contribution in [0.2, 0.25) is 5.15 Å². The lowest BCUT2D eigenvalue weighted by Crippen LogP contribution is -2.19. The molecule has 0 fully saturated rings. The lowest BCUT2D eigenvalue weighted by Gasteiger charge is -1.98. The van der Waals surface area contributed by atoms with Crippen LogP contribution in [-0.2, 0) is 4.79 Å². The molecule has 80 valence electrons. The molecule has 5 heteroatoms. The standard InChI is InChI=1S/C10H10ClFN2O/c1-7(15)13-5-2-3-8-4-6-14-10(11)9(8)12/h2-4,6H,5H2,1H3,(H,13,15). The lowest BCUT2D eigenvalue weighted by molar-refractivity contribution is -0.118. The van der Waals surface area contributed by atoms with Crippen LogP contribution in [0.4, 0.5) is 4.39 Å². The first-order valence-corrected chi connectivity index (χ1v) is 4.70. The summed E-state index contributed by atoms with van der Waals surface area (Å²) in [5.74, 6) is -0.689. The van der Waals surface area contributed by atoms with E-state index in [0.29, 0.717) is 12.1 Å². The highest BCUT2D eigenvalue weighted by Gasteiger charge is 2.03. The number of carbonyl (C=O) groups is 1. The molecule has 1 aromatic rings. The second-order valence-corrected chi connectivity index (χ2v) is 3.20. The van der Waals surface area contributed by atoms with Crippen molar-refractivity contribution in [1.29, 1.82) is 0 Å². The van der Waals surface area contributed by atoms with E-state index in [1.165, 1.54) is 19.2 Å².